The molecule has 0 aromatic heterocycles. The Morgan fingerprint density at radius 2 is 1.61 bits per heavy atom. The van der Waals surface area contributed by atoms with Gasteiger partial charge in [0.1, 0.15) is 0 Å². The van der Waals surface area contributed by atoms with E-state index in [1.165, 1.54) is 16.7 Å². The van der Waals surface area contributed by atoms with Gasteiger partial charge in [0.15, 0.2) is 0 Å². The van der Waals surface area contributed by atoms with Crippen LogP contribution in [0.4, 0.5) is 0 Å². The Bertz CT molecular complexity index is 672. The van der Waals surface area contributed by atoms with Gasteiger partial charge in [0.05, 0.1) is 12.1 Å². The van der Waals surface area contributed by atoms with Crippen LogP contribution < -0.4 is 0 Å². The Hall–Kier alpha value is -1.68. The van der Waals surface area contributed by atoms with Gasteiger partial charge in [0, 0.05) is 32.7 Å². The molecule has 2 aromatic carbocycles. The number of rotatable bonds is 3. The minimum absolute atomic E-state index is 0.0253. The van der Waals surface area contributed by atoms with Crippen LogP contribution in [-0.4, -0.2) is 41.1 Å². The molecule has 4 rings (SSSR count). The lowest BCUT2D eigenvalue weighted by Crippen LogP contribution is -2.50. The second kappa shape index (κ2) is 6.08. The molecule has 2 aliphatic rings. The standard InChI is InChI=1S/C20H24N2O/c23-13-12-22-15-18-7-5-4-6-17(18)14-21-11-10-20(22,16-21)19-8-2-1-3-9-19/h1-9,23H,10-16H2/t20-/m0/s1. The number of β-amino-alcohol motifs (C(OH)–C–C–N with tert-alkyl or cyclic N) is 1. The van der Waals surface area contributed by atoms with E-state index in [9.17, 15) is 5.11 Å². The molecule has 2 aliphatic heterocycles. The van der Waals surface area contributed by atoms with Crippen molar-refractivity contribution in [1.82, 2.24) is 9.80 Å². The van der Waals surface area contributed by atoms with Crippen LogP contribution >= 0.6 is 0 Å². The first kappa shape index (κ1) is 14.9. The van der Waals surface area contributed by atoms with Crippen molar-refractivity contribution in [2.75, 3.05) is 26.2 Å². The first-order valence-corrected chi connectivity index (χ1v) is 8.52. The van der Waals surface area contributed by atoms with E-state index in [2.05, 4.69) is 64.4 Å². The third-order valence-electron chi connectivity index (χ3n) is 5.49. The van der Waals surface area contributed by atoms with Crippen LogP contribution in [0.2, 0.25) is 0 Å². The van der Waals surface area contributed by atoms with Gasteiger partial charge < -0.3 is 5.11 Å². The molecular formula is C20H24N2O. The van der Waals surface area contributed by atoms with Crippen molar-refractivity contribution in [1.29, 1.82) is 0 Å². The highest BCUT2D eigenvalue weighted by molar-refractivity contribution is 5.32. The molecule has 120 valence electrons. The maximum Gasteiger partial charge on any atom is 0.0604 e. The lowest BCUT2D eigenvalue weighted by atomic mass is 9.85. The zero-order chi connectivity index (χ0) is 15.7. The Labute approximate surface area is 138 Å². The molecular weight excluding hydrogens is 284 g/mol. The largest absolute Gasteiger partial charge is 0.395 e. The predicted octanol–water partition coefficient (Wildman–Crippen LogP) is 2.60. The second-order valence-corrected chi connectivity index (χ2v) is 6.77. The Morgan fingerprint density at radius 1 is 0.913 bits per heavy atom. The molecule has 23 heavy (non-hydrogen) atoms. The molecule has 3 nitrogen and oxygen atoms in total. The molecule has 1 fully saturated rings. The average molecular weight is 308 g/mol. The maximum atomic E-state index is 9.66. The van der Waals surface area contributed by atoms with E-state index in [4.69, 9.17) is 0 Å². The van der Waals surface area contributed by atoms with E-state index in [1.807, 2.05) is 0 Å². The van der Waals surface area contributed by atoms with Gasteiger partial charge in [0.2, 0.25) is 0 Å². The summed E-state index contributed by atoms with van der Waals surface area (Å²) in [5.41, 5.74) is 4.24. The molecule has 2 aromatic rings. The molecule has 1 saturated heterocycles. The number of fused-ring (bicyclic) bond motifs is 3. The third-order valence-corrected chi connectivity index (χ3v) is 5.49. The number of aliphatic hydroxyl groups is 1. The van der Waals surface area contributed by atoms with Crippen molar-refractivity contribution in [3.05, 3.63) is 71.3 Å². The number of nitrogens with zero attached hydrogens (tertiary/aromatic N) is 2. The summed E-state index contributed by atoms with van der Waals surface area (Å²) in [5, 5.41) is 9.66. The quantitative estimate of drug-likeness (QED) is 0.944. The van der Waals surface area contributed by atoms with Crippen molar-refractivity contribution in [3.63, 3.8) is 0 Å². The molecule has 1 N–H and O–H groups in total. The monoisotopic (exact) mass is 308 g/mol. The second-order valence-electron chi connectivity index (χ2n) is 6.77. The van der Waals surface area contributed by atoms with Crippen LogP contribution in [0.1, 0.15) is 23.1 Å². The smallest absolute Gasteiger partial charge is 0.0604 e. The highest BCUT2D eigenvalue weighted by atomic mass is 16.3. The van der Waals surface area contributed by atoms with Crippen molar-refractivity contribution in [3.8, 4) is 0 Å². The highest BCUT2D eigenvalue weighted by Gasteiger charge is 2.45. The van der Waals surface area contributed by atoms with E-state index >= 15 is 0 Å². The molecule has 0 radical (unpaired) electrons. The Morgan fingerprint density at radius 3 is 2.35 bits per heavy atom. The molecule has 2 heterocycles. The van der Waals surface area contributed by atoms with Crippen molar-refractivity contribution >= 4 is 0 Å². The van der Waals surface area contributed by atoms with Crippen LogP contribution in [0.15, 0.2) is 54.6 Å². The van der Waals surface area contributed by atoms with Crippen molar-refractivity contribution < 1.29 is 5.11 Å². The van der Waals surface area contributed by atoms with Crippen LogP contribution in [-0.2, 0) is 18.6 Å². The zero-order valence-corrected chi connectivity index (χ0v) is 13.5. The van der Waals surface area contributed by atoms with E-state index in [0.29, 0.717) is 0 Å². The summed E-state index contributed by atoms with van der Waals surface area (Å²) in [6.07, 6.45) is 1.13. The lowest BCUT2D eigenvalue weighted by molar-refractivity contribution is 0.0561. The average Bonchev–Trinajstić information content (AvgIpc) is 3.02. The first-order valence-electron chi connectivity index (χ1n) is 8.52. The maximum absolute atomic E-state index is 9.66. The summed E-state index contributed by atoms with van der Waals surface area (Å²) >= 11 is 0. The van der Waals surface area contributed by atoms with E-state index < -0.39 is 0 Å². The van der Waals surface area contributed by atoms with Gasteiger partial charge in [-0.05, 0) is 23.1 Å². The molecule has 2 atom stereocenters. The Balaban J connectivity index is 1.80. The van der Waals surface area contributed by atoms with Gasteiger partial charge in [-0.1, -0.05) is 54.6 Å². The van der Waals surface area contributed by atoms with Gasteiger partial charge in [-0.3, -0.25) is 9.80 Å². The normalized spacial score (nSPS) is 27.3. The number of hydrogen-bond donors (Lipinski definition) is 1. The molecule has 1 unspecified atom stereocenters. The summed E-state index contributed by atoms with van der Waals surface area (Å²) in [6.45, 7) is 5.04. The summed E-state index contributed by atoms with van der Waals surface area (Å²) in [4.78, 5) is 5.07. The third kappa shape index (κ3) is 2.59. The van der Waals surface area contributed by atoms with Gasteiger partial charge in [0.25, 0.3) is 0 Å². The minimum atomic E-state index is 0.0253. The molecule has 0 saturated carbocycles. The van der Waals surface area contributed by atoms with Gasteiger partial charge >= 0.3 is 0 Å². The summed E-state index contributed by atoms with van der Waals surface area (Å²) in [7, 11) is 0. The zero-order valence-electron chi connectivity index (χ0n) is 13.5. The SMILES string of the molecule is OCCN1Cc2ccccc2CN2CC[C@@]1(c1ccccc1)C2. The van der Waals surface area contributed by atoms with E-state index in [-0.39, 0.29) is 12.1 Å². The molecule has 3 heteroatoms. The fourth-order valence-corrected chi connectivity index (χ4v) is 4.31. The van der Waals surface area contributed by atoms with Crippen LogP contribution in [0.3, 0.4) is 0 Å². The van der Waals surface area contributed by atoms with Crippen LogP contribution in [0.5, 0.6) is 0 Å². The molecule has 0 aliphatic carbocycles. The molecule has 2 bridgehead atoms. The molecule has 0 spiro atoms. The fourth-order valence-electron chi connectivity index (χ4n) is 4.31. The van der Waals surface area contributed by atoms with E-state index in [1.54, 1.807) is 0 Å². The Kier molecular flexibility index (Phi) is 3.93. The summed E-state index contributed by atoms with van der Waals surface area (Å²) in [5.74, 6) is 0. The minimum Gasteiger partial charge on any atom is -0.395 e. The number of hydrogen-bond acceptors (Lipinski definition) is 3. The highest BCUT2D eigenvalue weighted by Crippen LogP contribution is 2.41. The summed E-state index contributed by atoms with van der Waals surface area (Å²) < 4.78 is 0. The number of benzene rings is 2. The van der Waals surface area contributed by atoms with E-state index in [0.717, 1.165) is 39.1 Å². The fraction of sp³-hybridized carbons (Fsp3) is 0.400. The van der Waals surface area contributed by atoms with Gasteiger partial charge in [-0.15, -0.1) is 0 Å². The first-order chi connectivity index (χ1) is 11.3. The van der Waals surface area contributed by atoms with Crippen LogP contribution in [0.25, 0.3) is 0 Å². The predicted molar refractivity (Wildman–Crippen MR) is 92.0 cm³/mol. The summed E-state index contributed by atoms with van der Waals surface area (Å²) in [6, 6.07) is 19.6. The topological polar surface area (TPSA) is 26.7 Å². The van der Waals surface area contributed by atoms with Crippen molar-refractivity contribution in [2.45, 2.75) is 25.0 Å². The molecule has 0 amide bonds. The van der Waals surface area contributed by atoms with Crippen molar-refractivity contribution in [2.24, 2.45) is 0 Å². The number of aliphatic hydroxyl groups excluding tert-OH is 1. The lowest BCUT2D eigenvalue weighted by Gasteiger charge is -2.43. The van der Waals surface area contributed by atoms with Crippen LogP contribution in [0, 0.1) is 0 Å². The van der Waals surface area contributed by atoms with Gasteiger partial charge in [-0.2, -0.15) is 0 Å². The van der Waals surface area contributed by atoms with Gasteiger partial charge in [-0.25, -0.2) is 0 Å².